The Kier molecular flexibility index (Phi) is 5.63. The highest BCUT2D eigenvalue weighted by atomic mass is 16.5. The highest BCUT2D eigenvalue weighted by molar-refractivity contribution is 6.11. The number of ether oxygens (including phenoxy) is 2. The van der Waals surface area contributed by atoms with Gasteiger partial charge in [-0.05, 0) is 12.1 Å². The molecule has 0 unspecified atom stereocenters. The number of guanidine groups is 1. The van der Waals surface area contributed by atoms with Crippen molar-refractivity contribution in [2.24, 2.45) is 16.5 Å². The number of methoxy groups -OCH3 is 1. The van der Waals surface area contributed by atoms with Crippen LogP contribution in [-0.4, -0.2) is 37.2 Å². The number of fused-ring (bicyclic) bond motifs is 1. The third kappa shape index (κ3) is 4.21. The lowest BCUT2D eigenvalue weighted by Gasteiger charge is -2.12. The standard InChI is InChI=1S/C20H20N4O3/c1-26-10-11-27-17-9-5-8-14-15(19(25)24-20(21)22)12-16(23-18(14)17)13-6-3-2-4-7-13/h2-9,12H,10-11H2,1H3,(H4,21,22,24,25). The summed E-state index contributed by atoms with van der Waals surface area (Å²) < 4.78 is 10.8. The molecule has 0 aliphatic carbocycles. The molecule has 0 spiro atoms. The van der Waals surface area contributed by atoms with E-state index in [1.807, 2.05) is 30.3 Å². The van der Waals surface area contributed by atoms with Gasteiger partial charge < -0.3 is 20.9 Å². The molecule has 0 radical (unpaired) electrons. The Morgan fingerprint density at radius 3 is 2.56 bits per heavy atom. The minimum Gasteiger partial charge on any atom is -0.489 e. The van der Waals surface area contributed by atoms with E-state index >= 15 is 0 Å². The molecule has 27 heavy (non-hydrogen) atoms. The molecule has 2 aromatic carbocycles. The number of nitrogens with two attached hydrogens (primary N) is 2. The largest absolute Gasteiger partial charge is 0.489 e. The fourth-order valence-corrected chi connectivity index (χ4v) is 2.68. The fourth-order valence-electron chi connectivity index (χ4n) is 2.68. The van der Waals surface area contributed by atoms with Crippen LogP contribution in [0.2, 0.25) is 0 Å². The molecule has 0 aliphatic heterocycles. The number of hydrogen-bond acceptors (Lipinski definition) is 4. The number of amides is 1. The first-order valence-electron chi connectivity index (χ1n) is 8.35. The second-order valence-corrected chi connectivity index (χ2v) is 5.76. The van der Waals surface area contributed by atoms with Crippen LogP contribution in [0.5, 0.6) is 5.75 Å². The van der Waals surface area contributed by atoms with Gasteiger partial charge >= 0.3 is 0 Å². The van der Waals surface area contributed by atoms with Crippen molar-refractivity contribution >= 4 is 22.8 Å². The van der Waals surface area contributed by atoms with Crippen molar-refractivity contribution in [2.75, 3.05) is 20.3 Å². The van der Waals surface area contributed by atoms with E-state index in [0.29, 0.717) is 41.1 Å². The van der Waals surface area contributed by atoms with Crippen LogP contribution in [-0.2, 0) is 4.74 Å². The number of carbonyl (C=O) groups excluding carboxylic acids is 1. The molecule has 0 fully saturated rings. The minimum absolute atomic E-state index is 0.293. The van der Waals surface area contributed by atoms with E-state index in [0.717, 1.165) is 5.56 Å². The van der Waals surface area contributed by atoms with Gasteiger partial charge in [0.1, 0.15) is 17.9 Å². The summed E-state index contributed by atoms with van der Waals surface area (Å²) in [4.78, 5) is 21.0. The third-order valence-corrected chi connectivity index (χ3v) is 3.88. The number of benzene rings is 2. The van der Waals surface area contributed by atoms with Gasteiger partial charge in [0, 0.05) is 18.1 Å². The summed E-state index contributed by atoms with van der Waals surface area (Å²) in [6.07, 6.45) is 0. The molecular formula is C20H20N4O3. The molecule has 0 bridgehead atoms. The van der Waals surface area contributed by atoms with E-state index in [1.165, 1.54) is 0 Å². The molecule has 7 heteroatoms. The molecule has 3 aromatic rings. The average Bonchev–Trinajstić information content (AvgIpc) is 2.67. The molecule has 0 saturated carbocycles. The van der Waals surface area contributed by atoms with E-state index in [4.69, 9.17) is 25.9 Å². The van der Waals surface area contributed by atoms with Gasteiger partial charge in [0.15, 0.2) is 5.96 Å². The maximum absolute atomic E-state index is 12.6. The van der Waals surface area contributed by atoms with E-state index in [9.17, 15) is 4.79 Å². The van der Waals surface area contributed by atoms with Gasteiger partial charge in [-0.3, -0.25) is 4.79 Å². The smallest absolute Gasteiger partial charge is 0.280 e. The Morgan fingerprint density at radius 2 is 1.85 bits per heavy atom. The lowest BCUT2D eigenvalue weighted by molar-refractivity contribution is 0.100. The van der Waals surface area contributed by atoms with Gasteiger partial charge in [0.2, 0.25) is 0 Å². The molecular weight excluding hydrogens is 344 g/mol. The van der Waals surface area contributed by atoms with Crippen molar-refractivity contribution in [2.45, 2.75) is 0 Å². The first-order chi connectivity index (χ1) is 13.1. The van der Waals surface area contributed by atoms with Gasteiger partial charge in [-0.25, -0.2) is 4.98 Å². The van der Waals surface area contributed by atoms with Crippen LogP contribution in [0.1, 0.15) is 10.4 Å². The Balaban J connectivity index is 2.21. The summed E-state index contributed by atoms with van der Waals surface area (Å²) in [6.45, 7) is 0.804. The van der Waals surface area contributed by atoms with Crippen molar-refractivity contribution in [3.05, 3.63) is 60.2 Å². The third-order valence-electron chi connectivity index (χ3n) is 3.88. The van der Waals surface area contributed by atoms with Crippen molar-refractivity contribution in [3.8, 4) is 17.0 Å². The first kappa shape index (κ1) is 18.3. The lowest BCUT2D eigenvalue weighted by atomic mass is 10.0. The van der Waals surface area contributed by atoms with Gasteiger partial charge in [-0.15, -0.1) is 0 Å². The number of carbonyl (C=O) groups is 1. The number of para-hydroxylation sites is 1. The molecule has 3 rings (SSSR count). The number of aromatic nitrogens is 1. The fraction of sp³-hybridized carbons (Fsp3) is 0.150. The van der Waals surface area contributed by atoms with Gasteiger partial charge in [-0.2, -0.15) is 4.99 Å². The van der Waals surface area contributed by atoms with Crippen LogP contribution in [0.25, 0.3) is 22.2 Å². The summed E-state index contributed by atoms with van der Waals surface area (Å²) in [6, 6.07) is 16.6. The predicted molar refractivity (Wildman–Crippen MR) is 105 cm³/mol. The van der Waals surface area contributed by atoms with E-state index in [1.54, 1.807) is 31.4 Å². The number of aliphatic imine (C=N–C) groups is 1. The van der Waals surface area contributed by atoms with E-state index < -0.39 is 5.91 Å². The van der Waals surface area contributed by atoms with Crippen molar-refractivity contribution < 1.29 is 14.3 Å². The number of rotatable bonds is 6. The zero-order valence-corrected chi connectivity index (χ0v) is 14.9. The minimum atomic E-state index is -0.534. The second kappa shape index (κ2) is 8.29. The van der Waals surface area contributed by atoms with Gasteiger partial charge in [-0.1, -0.05) is 42.5 Å². The maximum Gasteiger partial charge on any atom is 0.280 e. The lowest BCUT2D eigenvalue weighted by Crippen LogP contribution is -2.24. The average molecular weight is 364 g/mol. The summed E-state index contributed by atoms with van der Waals surface area (Å²) in [5, 5.41) is 0.611. The molecule has 1 amide bonds. The normalized spacial score (nSPS) is 10.6. The van der Waals surface area contributed by atoms with Crippen LogP contribution in [0.15, 0.2) is 59.6 Å². The van der Waals surface area contributed by atoms with Crippen molar-refractivity contribution in [1.29, 1.82) is 0 Å². The van der Waals surface area contributed by atoms with Gasteiger partial charge in [0.25, 0.3) is 5.91 Å². The van der Waals surface area contributed by atoms with Crippen LogP contribution < -0.4 is 16.2 Å². The van der Waals surface area contributed by atoms with E-state index in [-0.39, 0.29) is 5.96 Å². The molecule has 7 nitrogen and oxygen atoms in total. The second-order valence-electron chi connectivity index (χ2n) is 5.76. The first-order valence-corrected chi connectivity index (χ1v) is 8.35. The van der Waals surface area contributed by atoms with Crippen LogP contribution in [0.4, 0.5) is 0 Å². The quantitative estimate of drug-likeness (QED) is 0.394. The SMILES string of the molecule is COCCOc1cccc2c(C(=O)N=C(N)N)cc(-c3ccccc3)nc12. The molecule has 0 aliphatic rings. The summed E-state index contributed by atoms with van der Waals surface area (Å²) in [5.74, 6) is -0.270. The van der Waals surface area contributed by atoms with Crippen LogP contribution >= 0.6 is 0 Å². The monoisotopic (exact) mass is 364 g/mol. The Bertz CT molecular complexity index is 983. The Morgan fingerprint density at radius 1 is 1.07 bits per heavy atom. The van der Waals surface area contributed by atoms with E-state index in [2.05, 4.69) is 4.99 Å². The highest BCUT2D eigenvalue weighted by Gasteiger charge is 2.16. The van der Waals surface area contributed by atoms with Crippen molar-refractivity contribution in [1.82, 2.24) is 4.98 Å². The summed E-state index contributed by atoms with van der Waals surface area (Å²) in [5.41, 5.74) is 13.2. The Hall–Kier alpha value is -3.45. The summed E-state index contributed by atoms with van der Waals surface area (Å²) >= 11 is 0. The van der Waals surface area contributed by atoms with Gasteiger partial charge in [0.05, 0.1) is 17.9 Å². The highest BCUT2D eigenvalue weighted by Crippen LogP contribution is 2.31. The number of nitrogens with zero attached hydrogens (tertiary/aromatic N) is 2. The zero-order valence-electron chi connectivity index (χ0n) is 14.9. The van der Waals surface area contributed by atoms with Crippen molar-refractivity contribution in [3.63, 3.8) is 0 Å². The topological polar surface area (TPSA) is 113 Å². The molecule has 1 aromatic heterocycles. The molecule has 138 valence electrons. The predicted octanol–water partition coefficient (Wildman–Crippen LogP) is 2.34. The maximum atomic E-state index is 12.6. The number of hydrogen-bond donors (Lipinski definition) is 2. The molecule has 0 saturated heterocycles. The van der Waals surface area contributed by atoms with Crippen LogP contribution in [0.3, 0.4) is 0 Å². The van der Waals surface area contributed by atoms with Crippen LogP contribution in [0, 0.1) is 0 Å². The number of pyridine rings is 1. The Labute approximate surface area is 156 Å². The molecule has 1 heterocycles. The summed E-state index contributed by atoms with van der Waals surface area (Å²) in [7, 11) is 1.60. The zero-order chi connectivity index (χ0) is 19.2. The molecule has 0 atom stereocenters. The molecule has 4 N–H and O–H groups in total.